The molecular weight excluding hydrogens is 677 g/mol. The van der Waals surface area contributed by atoms with Gasteiger partial charge in [0.1, 0.15) is 34.7 Å². The highest BCUT2D eigenvalue weighted by Crippen LogP contribution is 2.67. The molecule has 0 aliphatic heterocycles. The van der Waals surface area contributed by atoms with Gasteiger partial charge in [0, 0.05) is 12.5 Å². The van der Waals surface area contributed by atoms with E-state index in [1.165, 1.54) is 56.9 Å². The molecule has 0 radical (unpaired) electrons. The molecule has 0 N–H and O–H groups in total. The number of allylic oxidation sites excluding steroid dienone is 1. The number of carbonyl (C=O) groups excluding carboxylic acids is 1. The summed E-state index contributed by atoms with van der Waals surface area (Å²) in [5, 5.41) is 0.367. The molecule has 7 nitrogen and oxygen atoms in total. The Morgan fingerprint density at radius 1 is 0.907 bits per heavy atom. The summed E-state index contributed by atoms with van der Waals surface area (Å²) in [4.78, 5) is 26.4. The lowest BCUT2D eigenvalue weighted by Gasteiger charge is -2.58. The van der Waals surface area contributed by atoms with E-state index in [0.29, 0.717) is 40.3 Å². The van der Waals surface area contributed by atoms with Crippen LogP contribution in [0.2, 0.25) is 0 Å². The van der Waals surface area contributed by atoms with Crippen LogP contribution in [-0.2, 0) is 9.53 Å². The van der Waals surface area contributed by atoms with Crippen molar-refractivity contribution in [3.05, 3.63) is 70.1 Å². The van der Waals surface area contributed by atoms with Gasteiger partial charge in [-0.25, -0.2) is 4.79 Å². The first kappa shape index (κ1) is 38.5. The summed E-state index contributed by atoms with van der Waals surface area (Å²) in [6.45, 7) is 16.4. The summed E-state index contributed by atoms with van der Waals surface area (Å²) in [5.74, 6) is 6.62. The molecule has 4 aliphatic carbocycles. The maximum Gasteiger partial charge on any atom is 0.344 e. The highest BCUT2D eigenvalue weighted by molar-refractivity contribution is 5.80. The van der Waals surface area contributed by atoms with Crippen LogP contribution < -0.4 is 19.6 Å². The van der Waals surface area contributed by atoms with E-state index in [9.17, 15) is 9.59 Å². The van der Waals surface area contributed by atoms with Crippen molar-refractivity contribution in [3.63, 3.8) is 0 Å². The topological polar surface area (TPSA) is 84.2 Å². The van der Waals surface area contributed by atoms with Gasteiger partial charge >= 0.3 is 5.97 Å². The van der Waals surface area contributed by atoms with Crippen molar-refractivity contribution >= 4 is 16.9 Å². The van der Waals surface area contributed by atoms with Gasteiger partial charge in [0.2, 0.25) is 11.2 Å². The molecule has 0 spiro atoms. The van der Waals surface area contributed by atoms with E-state index in [2.05, 4.69) is 40.7 Å². The first-order chi connectivity index (χ1) is 25.9. The van der Waals surface area contributed by atoms with Gasteiger partial charge in [-0.05, 0) is 142 Å². The Hall–Kier alpha value is -3.74. The minimum absolute atomic E-state index is 0.126. The van der Waals surface area contributed by atoms with Crippen molar-refractivity contribution in [2.24, 2.45) is 46.3 Å². The number of hydrogen-bond donors (Lipinski definition) is 0. The fraction of sp³-hybridized carbons (Fsp3) is 0.617. The minimum Gasteiger partial charge on any atom is -0.494 e. The fourth-order valence-corrected chi connectivity index (χ4v) is 11.5. The van der Waals surface area contributed by atoms with Gasteiger partial charge in [-0.3, -0.25) is 4.79 Å². The van der Waals surface area contributed by atoms with E-state index < -0.39 is 0 Å². The average molecular weight is 739 g/mol. The molecule has 0 saturated heterocycles. The average Bonchev–Trinajstić information content (AvgIpc) is 3.50. The van der Waals surface area contributed by atoms with E-state index in [4.69, 9.17) is 23.4 Å². The lowest BCUT2D eigenvalue weighted by Crippen LogP contribution is -2.51. The molecular formula is C47H62O7. The van der Waals surface area contributed by atoms with Crippen LogP contribution in [0, 0.1) is 53.3 Å². The second-order valence-corrected chi connectivity index (χ2v) is 17.9. The van der Waals surface area contributed by atoms with Gasteiger partial charge < -0.3 is 23.4 Å². The van der Waals surface area contributed by atoms with Gasteiger partial charge in [0.25, 0.3) is 0 Å². The summed E-state index contributed by atoms with van der Waals surface area (Å²) in [6.07, 6.45) is 16.0. The molecule has 0 bridgehead atoms. The van der Waals surface area contributed by atoms with Crippen LogP contribution in [0.5, 0.6) is 23.0 Å². The van der Waals surface area contributed by atoms with Gasteiger partial charge in [-0.15, -0.1) is 0 Å². The molecule has 54 heavy (non-hydrogen) atoms. The Morgan fingerprint density at radius 2 is 1.67 bits per heavy atom. The van der Waals surface area contributed by atoms with E-state index in [-0.39, 0.29) is 35.3 Å². The Balaban J connectivity index is 0.936. The fourth-order valence-electron chi connectivity index (χ4n) is 11.5. The molecule has 8 atom stereocenters. The molecule has 7 rings (SSSR count). The molecule has 292 valence electrons. The first-order valence-corrected chi connectivity index (χ1v) is 20.9. The number of aryl methyl sites for hydroxylation is 1. The highest BCUT2D eigenvalue weighted by Gasteiger charge is 2.59. The van der Waals surface area contributed by atoms with Crippen LogP contribution in [-0.4, -0.2) is 25.3 Å². The Bertz CT molecular complexity index is 1890. The van der Waals surface area contributed by atoms with Crippen molar-refractivity contribution in [1.29, 1.82) is 0 Å². The predicted octanol–water partition coefficient (Wildman–Crippen LogP) is 11.6. The number of esters is 1. The lowest BCUT2D eigenvalue weighted by atomic mass is 9.47. The number of carbonyl (C=O) groups is 1. The zero-order valence-electron chi connectivity index (χ0n) is 33.7. The number of hydrogen-bond acceptors (Lipinski definition) is 7. The molecule has 1 aromatic heterocycles. The number of ether oxygens (including phenoxy) is 4. The van der Waals surface area contributed by atoms with Crippen LogP contribution in [0.15, 0.2) is 63.3 Å². The number of fused-ring (bicyclic) bond motifs is 6. The quantitative estimate of drug-likeness (QED) is 0.127. The third-order valence-corrected chi connectivity index (χ3v) is 14.3. The Morgan fingerprint density at radius 3 is 2.43 bits per heavy atom. The molecule has 2 aromatic carbocycles. The predicted molar refractivity (Wildman–Crippen MR) is 213 cm³/mol. The van der Waals surface area contributed by atoms with Crippen molar-refractivity contribution in [2.75, 3.05) is 13.2 Å². The van der Waals surface area contributed by atoms with Crippen LogP contribution in [0.1, 0.15) is 118 Å². The maximum atomic E-state index is 13.3. The molecule has 3 fully saturated rings. The zero-order chi connectivity index (χ0) is 38.2. The van der Waals surface area contributed by atoms with Crippen LogP contribution in [0.25, 0.3) is 11.0 Å². The van der Waals surface area contributed by atoms with Gasteiger partial charge in [0.15, 0.2) is 6.61 Å². The van der Waals surface area contributed by atoms with Crippen LogP contribution >= 0.6 is 0 Å². The molecule has 3 aromatic rings. The monoisotopic (exact) mass is 738 g/mol. The summed E-state index contributed by atoms with van der Waals surface area (Å²) in [7, 11) is 0. The summed E-state index contributed by atoms with van der Waals surface area (Å²) >= 11 is 0. The summed E-state index contributed by atoms with van der Waals surface area (Å²) in [5.41, 5.74) is 2.29. The van der Waals surface area contributed by atoms with Gasteiger partial charge in [-0.2, -0.15) is 0 Å². The molecule has 4 aliphatic rings. The maximum absolute atomic E-state index is 13.3. The smallest absolute Gasteiger partial charge is 0.344 e. The van der Waals surface area contributed by atoms with Gasteiger partial charge in [-0.1, -0.05) is 65.5 Å². The normalized spacial score (nSPS) is 29.5. The minimum atomic E-state index is -0.373. The van der Waals surface area contributed by atoms with Crippen LogP contribution in [0.3, 0.4) is 0 Å². The molecule has 1 heterocycles. The number of rotatable bonds is 13. The second kappa shape index (κ2) is 15.8. The molecule has 0 amide bonds. The first-order valence-electron chi connectivity index (χ1n) is 20.9. The highest BCUT2D eigenvalue weighted by atomic mass is 16.6. The standard InChI is InChI=1S/C47H62O7/c1-8-50-33-13-15-34(16-14-33)54-45-31(5)52-42-27-35(17-19-38(42)44(45)49)51-28-43(48)53-36-22-24-46(6)32(26-36)12-18-37-40-21-20-39(30(4)11-9-10-29(2)3)47(40,7)25-23-41(37)46/h12-17,19,27,29-30,36-37,39-41H,8-11,18,20-26,28H2,1-7H3/t30?,36?,37?,39?,40?,41?,46?,47-/m1/s1. The van der Waals surface area contributed by atoms with Crippen molar-refractivity contribution in [3.8, 4) is 23.0 Å². The third kappa shape index (κ3) is 7.58. The number of benzene rings is 2. The van der Waals surface area contributed by atoms with E-state index in [0.717, 1.165) is 60.5 Å². The molecule has 7 heteroatoms. The Kier molecular flexibility index (Phi) is 11.3. The Labute approximate surface area is 322 Å². The third-order valence-electron chi connectivity index (χ3n) is 14.3. The lowest BCUT2D eigenvalue weighted by molar-refractivity contribution is -0.153. The van der Waals surface area contributed by atoms with Crippen molar-refractivity contribution in [2.45, 2.75) is 125 Å². The van der Waals surface area contributed by atoms with Crippen LogP contribution in [0.4, 0.5) is 0 Å². The second-order valence-electron chi connectivity index (χ2n) is 17.9. The molecule has 3 saturated carbocycles. The van der Waals surface area contributed by atoms with E-state index >= 15 is 0 Å². The van der Waals surface area contributed by atoms with Gasteiger partial charge in [0.05, 0.1) is 12.0 Å². The summed E-state index contributed by atoms with van der Waals surface area (Å²) in [6, 6.07) is 12.1. The van der Waals surface area contributed by atoms with E-state index in [1.54, 1.807) is 49.4 Å². The van der Waals surface area contributed by atoms with Crippen molar-refractivity contribution < 1.29 is 28.2 Å². The largest absolute Gasteiger partial charge is 0.494 e. The van der Waals surface area contributed by atoms with Crippen molar-refractivity contribution in [1.82, 2.24) is 0 Å². The SMILES string of the molecule is CCOc1ccc(Oc2c(C)oc3cc(OCC(=O)OC4CCC5(C)C(=CCC6C5CC[C@]5(C)C(C(C)CCCC(C)C)CCC65)C4)ccc3c2=O)cc1. The molecule has 7 unspecified atom stereocenters. The summed E-state index contributed by atoms with van der Waals surface area (Å²) < 4.78 is 29.3. The zero-order valence-corrected chi connectivity index (χ0v) is 33.7. The van der Waals surface area contributed by atoms with E-state index in [1.807, 2.05) is 6.92 Å².